The summed E-state index contributed by atoms with van der Waals surface area (Å²) in [6.45, 7) is 0. The predicted octanol–water partition coefficient (Wildman–Crippen LogP) is 3.01. The third-order valence-electron chi connectivity index (χ3n) is 2.88. The summed E-state index contributed by atoms with van der Waals surface area (Å²) in [5.41, 5.74) is 1.08. The molecule has 1 saturated heterocycles. The minimum atomic E-state index is 0.561. The molecule has 1 aromatic rings. The van der Waals surface area contributed by atoms with E-state index in [4.69, 9.17) is 9.47 Å². The highest BCUT2D eigenvalue weighted by molar-refractivity contribution is 7.99. The molecule has 0 aliphatic carbocycles. The van der Waals surface area contributed by atoms with Crippen LogP contribution in [0.15, 0.2) is 18.2 Å². The van der Waals surface area contributed by atoms with E-state index in [1.807, 2.05) is 30.0 Å². The molecule has 94 valence electrons. The van der Waals surface area contributed by atoms with Crippen molar-refractivity contribution in [1.82, 2.24) is 0 Å². The van der Waals surface area contributed by atoms with Gasteiger partial charge in [-0.2, -0.15) is 11.8 Å². The Morgan fingerprint density at radius 2 is 1.88 bits per heavy atom. The molecule has 0 aromatic heterocycles. The molecule has 17 heavy (non-hydrogen) atoms. The molecule has 0 saturated carbocycles. The van der Waals surface area contributed by atoms with Crippen molar-refractivity contribution < 1.29 is 9.47 Å². The summed E-state index contributed by atoms with van der Waals surface area (Å²) in [4.78, 5) is 0. The summed E-state index contributed by atoms with van der Waals surface area (Å²) in [7, 11) is 3.35. The van der Waals surface area contributed by atoms with Crippen molar-refractivity contribution >= 4 is 17.4 Å². The third kappa shape index (κ3) is 3.46. The van der Waals surface area contributed by atoms with Gasteiger partial charge in [0.05, 0.1) is 14.2 Å². The Labute approximate surface area is 107 Å². The zero-order valence-corrected chi connectivity index (χ0v) is 11.2. The second-order valence-electron chi connectivity index (χ2n) is 4.16. The van der Waals surface area contributed by atoms with Gasteiger partial charge in [-0.15, -0.1) is 0 Å². The first kappa shape index (κ1) is 12.4. The maximum Gasteiger partial charge on any atom is 0.124 e. The Morgan fingerprint density at radius 1 is 1.18 bits per heavy atom. The molecule has 1 unspecified atom stereocenters. The van der Waals surface area contributed by atoms with Crippen molar-refractivity contribution in [1.29, 1.82) is 0 Å². The smallest absolute Gasteiger partial charge is 0.124 e. The highest BCUT2D eigenvalue weighted by atomic mass is 32.2. The van der Waals surface area contributed by atoms with E-state index in [0.717, 1.165) is 17.2 Å². The number of hydrogen-bond acceptors (Lipinski definition) is 4. The largest absolute Gasteiger partial charge is 0.497 e. The number of anilines is 1. The van der Waals surface area contributed by atoms with Crippen molar-refractivity contribution in [2.75, 3.05) is 31.0 Å². The quantitative estimate of drug-likeness (QED) is 0.893. The minimum Gasteiger partial charge on any atom is -0.497 e. The summed E-state index contributed by atoms with van der Waals surface area (Å²) in [5.74, 6) is 4.13. The number of methoxy groups -OCH3 is 2. The molecule has 1 heterocycles. The molecule has 1 aliphatic rings. The molecule has 1 aliphatic heterocycles. The SMILES string of the molecule is COc1cc(NC2CCCSC2)cc(OC)c1. The molecular weight excluding hydrogens is 234 g/mol. The standard InChI is InChI=1S/C13H19NO2S/c1-15-12-6-11(7-13(8-12)16-2)14-10-4-3-5-17-9-10/h6-8,10,14H,3-5,9H2,1-2H3. The van der Waals surface area contributed by atoms with Crippen LogP contribution in [0.5, 0.6) is 11.5 Å². The molecule has 0 amide bonds. The molecule has 0 radical (unpaired) electrons. The third-order valence-corrected chi connectivity index (χ3v) is 4.10. The van der Waals surface area contributed by atoms with E-state index in [9.17, 15) is 0 Å². The molecule has 0 bridgehead atoms. The van der Waals surface area contributed by atoms with E-state index >= 15 is 0 Å². The summed E-state index contributed by atoms with van der Waals surface area (Å²) in [6.07, 6.45) is 2.54. The van der Waals surface area contributed by atoms with Gasteiger partial charge in [0.1, 0.15) is 11.5 Å². The molecule has 1 fully saturated rings. The van der Waals surface area contributed by atoms with Crippen molar-refractivity contribution in [3.8, 4) is 11.5 Å². The van der Waals surface area contributed by atoms with Gasteiger partial charge in [-0.1, -0.05) is 0 Å². The number of nitrogens with one attached hydrogen (secondary N) is 1. The number of rotatable bonds is 4. The lowest BCUT2D eigenvalue weighted by Gasteiger charge is -2.24. The first-order valence-electron chi connectivity index (χ1n) is 5.89. The summed E-state index contributed by atoms with van der Waals surface area (Å²) in [6, 6.07) is 6.48. The maximum absolute atomic E-state index is 5.26. The normalized spacial score (nSPS) is 19.8. The van der Waals surface area contributed by atoms with Gasteiger partial charge in [-0.25, -0.2) is 0 Å². The van der Waals surface area contributed by atoms with Crippen LogP contribution in [0.2, 0.25) is 0 Å². The summed E-state index contributed by atoms with van der Waals surface area (Å²) < 4.78 is 10.5. The maximum atomic E-state index is 5.26. The molecular formula is C13H19NO2S. The van der Waals surface area contributed by atoms with E-state index in [1.165, 1.54) is 24.3 Å². The van der Waals surface area contributed by atoms with Crippen LogP contribution in [0.1, 0.15) is 12.8 Å². The monoisotopic (exact) mass is 253 g/mol. The van der Waals surface area contributed by atoms with E-state index in [2.05, 4.69) is 5.32 Å². The zero-order valence-electron chi connectivity index (χ0n) is 10.4. The van der Waals surface area contributed by atoms with E-state index in [-0.39, 0.29) is 0 Å². The fraction of sp³-hybridized carbons (Fsp3) is 0.538. The Balaban J connectivity index is 2.07. The van der Waals surface area contributed by atoms with Gasteiger partial charge in [0.25, 0.3) is 0 Å². The van der Waals surface area contributed by atoms with Gasteiger partial charge < -0.3 is 14.8 Å². The number of thioether (sulfide) groups is 1. The van der Waals surface area contributed by atoms with Crippen LogP contribution in [0.3, 0.4) is 0 Å². The average molecular weight is 253 g/mol. The van der Waals surface area contributed by atoms with Crippen molar-refractivity contribution in [2.24, 2.45) is 0 Å². The molecule has 3 nitrogen and oxygen atoms in total. The molecule has 4 heteroatoms. The van der Waals surface area contributed by atoms with Crippen LogP contribution < -0.4 is 14.8 Å². The fourth-order valence-corrected chi connectivity index (χ4v) is 3.05. The van der Waals surface area contributed by atoms with E-state index < -0.39 is 0 Å². The Hall–Kier alpha value is -1.03. The summed E-state index contributed by atoms with van der Waals surface area (Å²) >= 11 is 2.02. The van der Waals surface area contributed by atoms with Crippen LogP contribution in [0, 0.1) is 0 Å². The predicted molar refractivity (Wildman–Crippen MR) is 73.5 cm³/mol. The molecule has 1 aromatic carbocycles. The van der Waals surface area contributed by atoms with Gasteiger partial charge in [0, 0.05) is 35.7 Å². The molecule has 1 N–H and O–H groups in total. The van der Waals surface area contributed by atoms with Gasteiger partial charge >= 0.3 is 0 Å². The average Bonchev–Trinajstić information content (AvgIpc) is 2.39. The number of hydrogen-bond donors (Lipinski definition) is 1. The molecule has 2 rings (SSSR count). The zero-order chi connectivity index (χ0) is 12.1. The Bertz CT molecular complexity index is 342. The Morgan fingerprint density at radius 3 is 2.41 bits per heavy atom. The van der Waals surface area contributed by atoms with Gasteiger partial charge in [0.2, 0.25) is 0 Å². The van der Waals surface area contributed by atoms with Crippen LogP contribution in [-0.2, 0) is 0 Å². The minimum absolute atomic E-state index is 0.561. The highest BCUT2D eigenvalue weighted by Gasteiger charge is 2.14. The van der Waals surface area contributed by atoms with Crippen LogP contribution in [-0.4, -0.2) is 31.8 Å². The van der Waals surface area contributed by atoms with Crippen LogP contribution >= 0.6 is 11.8 Å². The first-order chi connectivity index (χ1) is 8.31. The lowest BCUT2D eigenvalue weighted by atomic mass is 10.1. The lowest BCUT2D eigenvalue weighted by molar-refractivity contribution is 0.394. The van der Waals surface area contributed by atoms with Crippen molar-refractivity contribution in [3.05, 3.63) is 18.2 Å². The first-order valence-corrected chi connectivity index (χ1v) is 7.04. The number of ether oxygens (including phenoxy) is 2. The number of benzene rings is 1. The molecule has 0 spiro atoms. The van der Waals surface area contributed by atoms with Gasteiger partial charge in [-0.05, 0) is 18.6 Å². The van der Waals surface area contributed by atoms with Crippen LogP contribution in [0.25, 0.3) is 0 Å². The van der Waals surface area contributed by atoms with E-state index in [0.29, 0.717) is 6.04 Å². The molecule has 1 atom stereocenters. The van der Waals surface area contributed by atoms with Gasteiger partial charge in [0.15, 0.2) is 0 Å². The van der Waals surface area contributed by atoms with E-state index in [1.54, 1.807) is 14.2 Å². The van der Waals surface area contributed by atoms with Gasteiger partial charge in [-0.3, -0.25) is 0 Å². The van der Waals surface area contributed by atoms with Crippen LogP contribution in [0.4, 0.5) is 5.69 Å². The second-order valence-corrected chi connectivity index (χ2v) is 5.31. The van der Waals surface area contributed by atoms with Crippen molar-refractivity contribution in [2.45, 2.75) is 18.9 Å². The Kier molecular flexibility index (Phi) is 4.42. The fourth-order valence-electron chi connectivity index (χ4n) is 1.98. The second kappa shape index (κ2) is 6.05. The summed E-state index contributed by atoms with van der Waals surface area (Å²) in [5, 5.41) is 3.55. The topological polar surface area (TPSA) is 30.5 Å². The lowest BCUT2D eigenvalue weighted by Crippen LogP contribution is -2.25. The van der Waals surface area contributed by atoms with Crippen molar-refractivity contribution in [3.63, 3.8) is 0 Å². The highest BCUT2D eigenvalue weighted by Crippen LogP contribution is 2.28.